The molecule has 0 atom stereocenters. The highest BCUT2D eigenvalue weighted by molar-refractivity contribution is 7.89. The van der Waals surface area contributed by atoms with Crippen LogP contribution < -0.4 is 19.6 Å². The Hall–Kier alpha value is -3.11. The number of amides is 1. The van der Waals surface area contributed by atoms with Gasteiger partial charge in [0.15, 0.2) is 11.5 Å². The second kappa shape index (κ2) is 10.1. The van der Waals surface area contributed by atoms with E-state index in [0.717, 1.165) is 4.31 Å². The number of nitrogens with one attached hydrogen (secondary N) is 1. The first-order chi connectivity index (χ1) is 14.2. The molecule has 0 bridgehead atoms. The third-order valence-corrected chi connectivity index (χ3v) is 6.07. The smallest absolute Gasteiger partial charge is 0.255 e. The van der Waals surface area contributed by atoms with Crippen LogP contribution in [0, 0.1) is 6.92 Å². The van der Waals surface area contributed by atoms with E-state index in [9.17, 15) is 13.2 Å². The number of carbonyl (C=O) groups excluding carboxylic acids is 1. The zero-order chi connectivity index (χ0) is 22.3. The lowest BCUT2D eigenvalue weighted by molar-refractivity contribution is -0.121. The summed E-state index contributed by atoms with van der Waals surface area (Å²) in [7, 11) is 1.99. The number of hydrogen-bond donors (Lipinski definition) is 1. The second-order valence-corrected chi connectivity index (χ2v) is 8.31. The van der Waals surface area contributed by atoms with Crippen molar-refractivity contribution in [3.8, 4) is 17.2 Å². The minimum Gasteiger partial charge on any atom is -0.496 e. The maximum atomic E-state index is 12.7. The molecule has 9 nitrogen and oxygen atoms in total. The van der Waals surface area contributed by atoms with E-state index in [0.29, 0.717) is 28.4 Å². The number of para-hydroxylation sites is 1. The normalized spacial score (nSPS) is 11.5. The van der Waals surface area contributed by atoms with Gasteiger partial charge in [-0.15, -0.1) is 0 Å². The van der Waals surface area contributed by atoms with Crippen molar-refractivity contribution in [2.75, 3.05) is 34.9 Å². The molecule has 10 heteroatoms. The number of carbonyl (C=O) groups is 1. The fourth-order valence-corrected chi connectivity index (χ4v) is 3.91. The lowest BCUT2D eigenvalue weighted by Gasteiger charge is -2.17. The zero-order valence-corrected chi connectivity index (χ0v) is 18.3. The van der Waals surface area contributed by atoms with Gasteiger partial charge < -0.3 is 14.2 Å². The van der Waals surface area contributed by atoms with E-state index in [1.807, 2.05) is 0 Å². The highest BCUT2D eigenvalue weighted by Crippen LogP contribution is 2.29. The van der Waals surface area contributed by atoms with Gasteiger partial charge >= 0.3 is 0 Å². The van der Waals surface area contributed by atoms with Gasteiger partial charge in [-0.25, -0.2) is 13.8 Å². The van der Waals surface area contributed by atoms with Crippen LogP contribution in [0.25, 0.3) is 0 Å². The first-order valence-electron chi connectivity index (χ1n) is 8.88. The van der Waals surface area contributed by atoms with E-state index >= 15 is 0 Å². The monoisotopic (exact) mass is 435 g/mol. The van der Waals surface area contributed by atoms with Gasteiger partial charge in [-0.3, -0.25) is 4.79 Å². The van der Waals surface area contributed by atoms with Crippen molar-refractivity contribution in [2.45, 2.75) is 11.8 Å². The topological polar surface area (TPSA) is 107 Å². The Labute approximate surface area is 176 Å². The number of nitrogens with zero attached hydrogens (tertiary/aromatic N) is 2. The van der Waals surface area contributed by atoms with Crippen molar-refractivity contribution in [3.05, 3.63) is 47.5 Å². The quantitative estimate of drug-likeness (QED) is 0.475. The second-order valence-electron chi connectivity index (χ2n) is 6.27. The SMILES string of the molecule is COc1ccc(S(=O)(=O)N(C)CC(=O)NN=Cc2cccc(OC)c2OC)cc1C. The van der Waals surface area contributed by atoms with Crippen LogP contribution >= 0.6 is 0 Å². The van der Waals surface area contributed by atoms with Crippen molar-refractivity contribution in [1.82, 2.24) is 9.73 Å². The van der Waals surface area contributed by atoms with Crippen LogP contribution in [0.15, 0.2) is 46.4 Å². The number of methoxy groups -OCH3 is 3. The molecule has 0 fully saturated rings. The first-order valence-corrected chi connectivity index (χ1v) is 10.3. The highest BCUT2D eigenvalue weighted by Gasteiger charge is 2.23. The predicted octanol–water partition coefficient (Wildman–Crippen LogP) is 1.79. The number of ether oxygens (including phenoxy) is 3. The molecule has 0 saturated carbocycles. The fraction of sp³-hybridized carbons (Fsp3) is 0.300. The minimum atomic E-state index is -3.85. The molecule has 0 aliphatic heterocycles. The molecule has 0 aliphatic rings. The molecule has 1 amide bonds. The Kier molecular flexibility index (Phi) is 7.79. The average molecular weight is 436 g/mol. The molecule has 0 spiro atoms. The van der Waals surface area contributed by atoms with Gasteiger partial charge in [-0.1, -0.05) is 6.07 Å². The Bertz CT molecular complexity index is 1040. The van der Waals surface area contributed by atoms with Gasteiger partial charge in [-0.2, -0.15) is 9.41 Å². The number of aryl methyl sites for hydroxylation is 1. The Morgan fingerprint density at radius 2 is 1.80 bits per heavy atom. The number of sulfonamides is 1. The van der Waals surface area contributed by atoms with E-state index in [2.05, 4.69) is 10.5 Å². The van der Waals surface area contributed by atoms with Crippen LogP contribution in [-0.4, -0.2) is 59.8 Å². The van der Waals surface area contributed by atoms with Gasteiger partial charge in [0.1, 0.15) is 5.75 Å². The summed E-state index contributed by atoms with van der Waals surface area (Å²) in [4.78, 5) is 12.2. The number of rotatable bonds is 9. The molecule has 0 saturated heterocycles. The Morgan fingerprint density at radius 3 is 2.40 bits per heavy atom. The summed E-state index contributed by atoms with van der Waals surface area (Å²) < 4.78 is 42.0. The van der Waals surface area contributed by atoms with Crippen molar-refractivity contribution in [1.29, 1.82) is 0 Å². The largest absolute Gasteiger partial charge is 0.496 e. The van der Waals surface area contributed by atoms with Gasteiger partial charge in [0.25, 0.3) is 5.91 Å². The molecule has 0 unspecified atom stereocenters. The lowest BCUT2D eigenvalue weighted by atomic mass is 10.2. The minimum absolute atomic E-state index is 0.0701. The number of hydrogen-bond acceptors (Lipinski definition) is 7. The molecule has 2 aromatic rings. The lowest BCUT2D eigenvalue weighted by Crippen LogP contribution is -2.36. The summed E-state index contributed by atoms with van der Waals surface area (Å²) in [6, 6.07) is 9.72. The fourth-order valence-electron chi connectivity index (χ4n) is 2.70. The molecule has 2 aromatic carbocycles. The number of benzene rings is 2. The van der Waals surface area contributed by atoms with E-state index in [1.54, 1.807) is 31.2 Å². The first kappa shape index (κ1) is 23.2. The van der Waals surface area contributed by atoms with Crippen LogP contribution in [0.2, 0.25) is 0 Å². The van der Waals surface area contributed by atoms with Gasteiger partial charge in [0.05, 0.1) is 39.0 Å². The molecular formula is C20H25N3O6S. The van der Waals surface area contributed by atoms with Crippen LogP contribution in [0.5, 0.6) is 17.2 Å². The average Bonchev–Trinajstić information content (AvgIpc) is 2.73. The summed E-state index contributed by atoms with van der Waals surface area (Å²) >= 11 is 0. The summed E-state index contributed by atoms with van der Waals surface area (Å²) in [5, 5.41) is 3.87. The van der Waals surface area contributed by atoms with E-state index < -0.39 is 22.5 Å². The molecular weight excluding hydrogens is 410 g/mol. The molecule has 0 aromatic heterocycles. The van der Waals surface area contributed by atoms with Crippen molar-refractivity contribution >= 4 is 22.1 Å². The van der Waals surface area contributed by atoms with Crippen LogP contribution in [0.3, 0.4) is 0 Å². The summed E-state index contributed by atoms with van der Waals surface area (Å²) in [5.41, 5.74) is 3.58. The van der Waals surface area contributed by atoms with E-state index in [4.69, 9.17) is 14.2 Å². The highest BCUT2D eigenvalue weighted by atomic mass is 32.2. The molecule has 0 aliphatic carbocycles. The van der Waals surface area contributed by atoms with E-state index in [1.165, 1.54) is 46.7 Å². The van der Waals surface area contributed by atoms with Gasteiger partial charge in [0.2, 0.25) is 10.0 Å². The van der Waals surface area contributed by atoms with Crippen LogP contribution in [-0.2, 0) is 14.8 Å². The number of hydrazone groups is 1. The Balaban J connectivity index is 2.06. The van der Waals surface area contributed by atoms with Crippen LogP contribution in [0.1, 0.15) is 11.1 Å². The molecule has 1 N–H and O–H groups in total. The van der Waals surface area contributed by atoms with Crippen molar-refractivity contribution in [2.24, 2.45) is 5.10 Å². The maximum Gasteiger partial charge on any atom is 0.255 e. The molecule has 2 rings (SSSR count). The summed E-state index contributed by atoms with van der Waals surface area (Å²) in [6.45, 7) is 1.34. The molecule has 30 heavy (non-hydrogen) atoms. The van der Waals surface area contributed by atoms with Crippen LogP contribution in [0.4, 0.5) is 0 Å². The van der Waals surface area contributed by atoms with E-state index in [-0.39, 0.29) is 4.90 Å². The van der Waals surface area contributed by atoms with Crippen molar-refractivity contribution < 1.29 is 27.4 Å². The Morgan fingerprint density at radius 1 is 1.10 bits per heavy atom. The third-order valence-electron chi connectivity index (χ3n) is 4.27. The predicted molar refractivity (Wildman–Crippen MR) is 113 cm³/mol. The standard InChI is InChI=1S/C20H25N3O6S/c1-14-11-16(9-10-17(14)27-3)30(25,26)23(2)13-19(24)22-21-12-15-7-6-8-18(28-4)20(15)29-5/h6-12H,13H2,1-5H3,(H,22,24). The van der Waals surface area contributed by atoms with Crippen molar-refractivity contribution in [3.63, 3.8) is 0 Å². The summed E-state index contributed by atoms with van der Waals surface area (Å²) in [5.74, 6) is 0.974. The molecule has 0 radical (unpaired) electrons. The van der Waals surface area contributed by atoms with Gasteiger partial charge in [0, 0.05) is 12.6 Å². The molecule has 0 heterocycles. The molecule has 162 valence electrons. The van der Waals surface area contributed by atoms with Gasteiger partial charge in [-0.05, 0) is 42.8 Å². The maximum absolute atomic E-state index is 12.7. The summed E-state index contributed by atoms with van der Waals surface area (Å²) in [6.07, 6.45) is 1.39. The third kappa shape index (κ3) is 5.28. The zero-order valence-electron chi connectivity index (χ0n) is 17.5. The number of likely N-dealkylation sites (N-methyl/N-ethyl adjacent to an activating group) is 1.